The number of aromatic nitrogens is 4. The number of pyridine rings is 1. The number of nitrogens with zero attached hydrogens (tertiary/aromatic N) is 7. The minimum Gasteiger partial charge on any atom is -0.459 e. The van der Waals surface area contributed by atoms with Crippen molar-refractivity contribution in [3.8, 4) is 23.5 Å². The third-order valence-corrected chi connectivity index (χ3v) is 5.04. The molecule has 0 aromatic carbocycles. The normalized spacial score (nSPS) is 13.9. The van der Waals surface area contributed by atoms with Crippen molar-refractivity contribution in [2.75, 3.05) is 31.1 Å². The van der Waals surface area contributed by atoms with Crippen molar-refractivity contribution >= 4 is 11.8 Å². The Hall–Kier alpha value is -4.39. The van der Waals surface area contributed by atoms with Gasteiger partial charge in [-0.05, 0) is 30.3 Å². The van der Waals surface area contributed by atoms with Crippen LogP contribution in [0.1, 0.15) is 16.1 Å². The lowest BCUT2D eigenvalue weighted by Gasteiger charge is -2.34. The molecular formula is C21H17N7O3. The standard InChI is InChI=1S/C21H17N7O3/c22-13-16-21(31-19(25-16)17-3-1-12-30-17)27-10-8-26(9-11-27)20(29)15-4-5-18(23-14-15)28-7-2-6-24-28/h1-7,12,14H,8-11H2. The van der Waals surface area contributed by atoms with E-state index >= 15 is 0 Å². The molecule has 4 aromatic heterocycles. The summed E-state index contributed by atoms with van der Waals surface area (Å²) in [7, 11) is 0. The fourth-order valence-electron chi connectivity index (χ4n) is 3.45. The molecule has 5 heterocycles. The van der Waals surface area contributed by atoms with E-state index in [0.29, 0.717) is 49.2 Å². The van der Waals surface area contributed by atoms with Crippen molar-refractivity contribution in [2.24, 2.45) is 0 Å². The highest BCUT2D eigenvalue weighted by atomic mass is 16.4. The molecule has 154 valence electrons. The number of carbonyl (C=O) groups is 1. The second kappa shape index (κ2) is 7.79. The molecule has 1 aliphatic rings. The second-order valence-electron chi connectivity index (χ2n) is 6.90. The number of oxazole rings is 1. The molecule has 1 amide bonds. The SMILES string of the molecule is N#Cc1nc(-c2ccco2)oc1N1CCN(C(=O)c2ccc(-n3cccn3)nc2)CC1. The van der Waals surface area contributed by atoms with E-state index in [4.69, 9.17) is 8.83 Å². The first-order valence-electron chi connectivity index (χ1n) is 9.68. The number of nitriles is 1. The van der Waals surface area contributed by atoms with Gasteiger partial charge in [-0.15, -0.1) is 0 Å². The van der Waals surface area contributed by atoms with Gasteiger partial charge in [0.15, 0.2) is 11.6 Å². The third-order valence-electron chi connectivity index (χ3n) is 5.04. The quantitative estimate of drug-likeness (QED) is 0.498. The molecule has 4 aromatic rings. The van der Waals surface area contributed by atoms with Crippen molar-refractivity contribution in [3.05, 3.63) is 66.4 Å². The minimum atomic E-state index is -0.0893. The maximum atomic E-state index is 12.9. The average Bonchev–Trinajstić information content (AvgIpc) is 3.60. The molecule has 1 fully saturated rings. The molecule has 0 radical (unpaired) electrons. The number of furan rings is 1. The summed E-state index contributed by atoms with van der Waals surface area (Å²) in [6, 6.07) is 10.8. The Kier molecular flexibility index (Phi) is 4.68. The zero-order valence-corrected chi connectivity index (χ0v) is 16.4. The fraction of sp³-hybridized carbons (Fsp3) is 0.190. The lowest BCUT2D eigenvalue weighted by molar-refractivity contribution is 0.0745. The Balaban J connectivity index is 1.26. The Morgan fingerprint density at radius 3 is 2.65 bits per heavy atom. The number of anilines is 1. The third kappa shape index (κ3) is 3.53. The minimum absolute atomic E-state index is 0.0893. The average molecular weight is 415 g/mol. The maximum Gasteiger partial charge on any atom is 0.266 e. The highest BCUT2D eigenvalue weighted by Crippen LogP contribution is 2.29. The Bertz CT molecular complexity index is 1210. The number of amides is 1. The van der Waals surface area contributed by atoms with Crippen LogP contribution in [0.2, 0.25) is 0 Å². The molecule has 0 spiro atoms. The van der Waals surface area contributed by atoms with Crippen LogP contribution in [0.25, 0.3) is 17.5 Å². The van der Waals surface area contributed by atoms with Crippen LogP contribution < -0.4 is 4.90 Å². The number of carbonyl (C=O) groups excluding carboxylic acids is 1. The van der Waals surface area contributed by atoms with E-state index in [2.05, 4.69) is 21.1 Å². The summed E-state index contributed by atoms with van der Waals surface area (Å²) < 4.78 is 12.7. The van der Waals surface area contributed by atoms with Gasteiger partial charge in [0, 0.05) is 44.8 Å². The summed E-state index contributed by atoms with van der Waals surface area (Å²) in [6.07, 6.45) is 6.54. The first kappa shape index (κ1) is 18.6. The smallest absolute Gasteiger partial charge is 0.266 e. The van der Waals surface area contributed by atoms with Gasteiger partial charge in [0.05, 0.1) is 11.8 Å². The largest absolute Gasteiger partial charge is 0.459 e. The maximum absolute atomic E-state index is 12.9. The van der Waals surface area contributed by atoms with Gasteiger partial charge < -0.3 is 18.6 Å². The van der Waals surface area contributed by atoms with Crippen LogP contribution in [0.4, 0.5) is 5.88 Å². The number of hydrogen-bond donors (Lipinski definition) is 0. The van der Waals surface area contributed by atoms with Gasteiger partial charge in [-0.1, -0.05) is 0 Å². The van der Waals surface area contributed by atoms with Crippen molar-refractivity contribution in [1.82, 2.24) is 24.6 Å². The topological polar surface area (TPSA) is 117 Å². The molecule has 10 heteroatoms. The zero-order valence-electron chi connectivity index (χ0n) is 16.4. The van der Waals surface area contributed by atoms with Crippen LogP contribution in [0.3, 0.4) is 0 Å². The molecule has 1 saturated heterocycles. The molecule has 5 rings (SSSR count). The zero-order chi connectivity index (χ0) is 21.2. The first-order valence-corrected chi connectivity index (χ1v) is 9.68. The molecule has 31 heavy (non-hydrogen) atoms. The molecule has 10 nitrogen and oxygen atoms in total. The lowest BCUT2D eigenvalue weighted by Crippen LogP contribution is -2.49. The van der Waals surface area contributed by atoms with Crippen LogP contribution in [0.5, 0.6) is 0 Å². The van der Waals surface area contributed by atoms with Gasteiger partial charge >= 0.3 is 0 Å². The molecule has 0 saturated carbocycles. The number of hydrogen-bond acceptors (Lipinski definition) is 8. The van der Waals surface area contributed by atoms with Gasteiger partial charge in [-0.25, -0.2) is 9.67 Å². The summed E-state index contributed by atoms with van der Waals surface area (Å²) in [5, 5.41) is 13.6. The van der Waals surface area contributed by atoms with Crippen LogP contribution in [-0.2, 0) is 0 Å². The summed E-state index contributed by atoms with van der Waals surface area (Å²) >= 11 is 0. The van der Waals surface area contributed by atoms with Gasteiger partial charge in [-0.3, -0.25) is 4.79 Å². The predicted octanol–water partition coefficient (Wildman–Crippen LogP) is 2.35. The van der Waals surface area contributed by atoms with Crippen LogP contribution >= 0.6 is 0 Å². The summed E-state index contributed by atoms with van der Waals surface area (Å²) in [5.74, 6) is 1.67. The molecular weight excluding hydrogens is 398 g/mol. The van der Waals surface area contributed by atoms with E-state index in [0.717, 1.165) is 0 Å². The summed E-state index contributed by atoms with van der Waals surface area (Å²) in [5.41, 5.74) is 0.714. The predicted molar refractivity (Wildman–Crippen MR) is 108 cm³/mol. The second-order valence-corrected chi connectivity index (χ2v) is 6.90. The summed E-state index contributed by atoms with van der Waals surface area (Å²) in [6.45, 7) is 2.01. The van der Waals surface area contributed by atoms with Gasteiger partial charge in [0.25, 0.3) is 11.8 Å². The lowest BCUT2D eigenvalue weighted by atomic mass is 10.2. The molecule has 0 unspecified atom stereocenters. The molecule has 0 N–H and O–H groups in total. The van der Waals surface area contributed by atoms with E-state index < -0.39 is 0 Å². The van der Waals surface area contributed by atoms with Gasteiger partial charge in [0.2, 0.25) is 11.6 Å². The van der Waals surface area contributed by atoms with Crippen LogP contribution in [-0.4, -0.2) is 56.7 Å². The van der Waals surface area contributed by atoms with Gasteiger partial charge in [0.1, 0.15) is 6.07 Å². The molecule has 0 atom stereocenters. The van der Waals surface area contributed by atoms with Crippen molar-refractivity contribution < 1.29 is 13.6 Å². The monoisotopic (exact) mass is 415 g/mol. The van der Waals surface area contributed by atoms with Gasteiger partial charge in [-0.2, -0.15) is 15.3 Å². The Morgan fingerprint density at radius 2 is 2.00 bits per heavy atom. The van der Waals surface area contributed by atoms with Crippen LogP contribution in [0.15, 0.2) is 64.0 Å². The van der Waals surface area contributed by atoms with E-state index in [-0.39, 0.29) is 17.5 Å². The fourth-order valence-corrected chi connectivity index (χ4v) is 3.45. The Labute approximate surface area is 176 Å². The van der Waals surface area contributed by atoms with E-state index in [9.17, 15) is 10.1 Å². The van der Waals surface area contributed by atoms with Crippen molar-refractivity contribution in [3.63, 3.8) is 0 Å². The van der Waals surface area contributed by atoms with Crippen LogP contribution in [0, 0.1) is 11.3 Å². The van der Waals surface area contributed by atoms with E-state index in [1.165, 1.54) is 6.26 Å². The van der Waals surface area contributed by atoms with E-state index in [1.54, 1.807) is 52.4 Å². The highest BCUT2D eigenvalue weighted by molar-refractivity contribution is 5.94. The molecule has 0 aliphatic carbocycles. The van der Waals surface area contributed by atoms with Crippen molar-refractivity contribution in [1.29, 1.82) is 5.26 Å². The number of piperazine rings is 1. The summed E-state index contributed by atoms with van der Waals surface area (Å²) in [4.78, 5) is 25.1. The first-order chi connectivity index (χ1) is 15.2. The molecule has 0 bridgehead atoms. The highest BCUT2D eigenvalue weighted by Gasteiger charge is 2.27. The van der Waals surface area contributed by atoms with E-state index in [1.807, 2.05) is 11.0 Å². The van der Waals surface area contributed by atoms with Crippen molar-refractivity contribution in [2.45, 2.75) is 0 Å². The molecule has 1 aliphatic heterocycles. The number of rotatable bonds is 4. The Morgan fingerprint density at radius 1 is 1.13 bits per heavy atom.